The first-order valence-electron chi connectivity index (χ1n) is 6.61. The van der Waals surface area contributed by atoms with E-state index in [9.17, 15) is 0 Å². The number of fused-ring (bicyclic) bond motifs is 1. The van der Waals surface area contributed by atoms with Crippen molar-refractivity contribution in [3.8, 4) is 5.75 Å². The maximum Gasteiger partial charge on any atom is 0.145 e. The number of rotatable bonds is 3. The van der Waals surface area contributed by atoms with E-state index in [-0.39, 0.29) is 6.04 Å². The van der Waals surface area contributed by atoms with Crippen LogP contribution in [-0.2, 0) is 12.8 Å². The van der Waals surface area contributed by atoms with Crippen LogP contribution in [0, 0.1) is 6.92 Å². The molecule has 0 fully saturated rings. The molecule has 20 heavy (non-hydrogen) atoms. The van der Waals surface area contributed by atoms with Crippen molar-refractivity contribution in [2.75, 3.05) is 6.61 Å². The lowest BCUT2D eigenvalue weighted by atomic mass is 10.0. The molecule has 4 nitrogen and oxygen atoms in total. The number of aromatic nitrogens is 2. The summed E-state index contributed by atoms with van der Waals surface area (Å²) < 4.78 is 6.79. The lowest BCUT2D eigenvalue weighted by Crippen LogP contribution is -2.17. The molecule has 0 radical (unpaired) electrons. The molecule has 2 aromatic rings. The molecular weight excluding hydrogens is 318 g/mol. The van der Waals surface area contributed by atoms with Crippen molar-refractivity contribution in [2.24, 2.45) is 5.73 Å². The van der Waals surface area contributed by atoms with Gasteiger partial charge < -0.3 is 10.5 Å². The molecule has 0 aliphatic carbocycles. The maximum atomic E-state index is 6.23. The van der Waals surface area contributed by atoms with Crippen molar-refractivity contribution in [1.29, 1.82) is 0 Å². The third kappa shape index (κ3) is 2.69. The molecule has 0 saturated heterocycles. The molecule has 3 rings (SSSR count). The predicted molar refractivity (Wildman–Crippen MR) is 80.7 cm³/mol. The summed E-state index contributed by atoms with van der Waals surface area (Å²) in [6.07, 6.45) is 5.22. The highest BCUT2D eigenvalue weighted by Crippen LogP contribution is 2.34. The average molecular weight is 334 g/mol. The Morgan fingerprint density at radius 2 is 2.10 bits per heavy atom. The van der Waals surface area contributed by atoms with Gasteiger partial charge in [-0.05, 0) is 42.2 Å². The summed E-state index contributed by atoms with van der Waals surface area (Å²) in [4.78, 5) is 8.60. The van der Waals surface area contributed by atoms with E-state index in [1.54, 1.807) is 12.4 Å². The van der Waals surface area contributed by atoms with Crippen LogP contribution < -0.4 is 10.5 Å². The molecule has 2 heterocycles. The minimum atomic E-state index is -0.224. The van der Waals surface area contributed by atoms with Crippen LogP contribution in [0.15, 0.2) is 29.0 Å². The summed E-state index contributed by atoms with van der Waals surface area (Å²) in [6, 6.07) is 3.95. The van der Waals surface area contributed by atoms with Gasteiger partial charge in [0.1, 0.15) is 11.6 Å². The zero-order valence-corrected chi connectivity index (χ0v) is 12.9. The first kappa shape index (κ1) is 13.5. The SMILES string of the molecule is Cc1cnc(C(N)Cc2cc(Br)cc3c2OCC3)nc1. The molecule has 1 unspecified atom stereocenters. The Morgan fingerprint density at radius 3 is 2.85 bits per heavy atom. The van der Waals surface area contributed by atoms with Crippen LogP contribution in [0.3, 0.4) is 0 Å². The zero-order valence-electron chi connectivity index (χ0n) is 11.3. The van der Waals surface area contributed by atoms with E-state index in [1.165, 1.54) is 5.56 Å². The van der Waals surface area contributed by atoms with Crippen molar-refractivity contribution in [1.82, 2.24) is 9.97 Å². The van der Waals surface area contributed by atoms with E-state index in [4.69, 9.17) is 10.5 Å². The number of aryl methyl sites for hydroxylation is 1. The first-order chi connectivity index (χ1) is 9.63. The van der Waals surface area contributed by atoms with E-state index in [1.807, 2.05) is 6.92 Å². The summed E-state index contributed by atoms with van der Waals surface area (Å²) in [7, 11) is 0. The molecule has 1 aliphatic heterocycles. The first-order valence-corrected chi connectivity index (χ1v) is 7.41. The second-order valence-corrected chi connectivity index (χ2v) is 6.00. The van der Waals surface area contributed by atoms with Crippen molar-refractivity contribution < 1.29 is 4.74 Å². The molecule has 0 saturated carbocycles. The largest absolute Gasteiger partial charge is 0.493 e. The van der Waals surface area contributed by atoms with Crippen LogP contribution in [0.25, 0.3) is 0 Å². The summed E-state index contributed by atoms with van der Waals surface area (Å²) >= 11 is 3.54. The Hall–Kier alpha value is -1.46. The highest BCUT2D eigenvalue weighted by Gasteiger charge is 2.20. The van der Waals surface area contributed by atoms with Crippen LogP contribution >= 0.6 is 15.9 Å². The van der Waals surface area contributed by atoms with E-state index in [2.05, 4.69) is 38.0 Å². The summed E-state index contributed by atoms with van der Waals surface area (Å²) in [5.41, 5.74) is 9.62. The molecule has 104 valence electrons. The second-order valence-electron chi connectivity index (χ2n) is 5.08. The fourth-order valence-electron chi connectivity index (χ4n) is 2.42. The van der Waals surface area contributed by atoms with Crippen LogP contribution in [0.2, 0.25) is 0 Å². The van der Waals surface area contributed by atoms with E-state index < -0.39 is 0 Å². The topological polar surface area (TPSA) is 61.0 Å². The fourth-order valence-corrected chi connectivity index (χ4v) is 2.97. The molecule has 2 N–H and O–H groups in total. The molecule has 1 aromatic carbocycles. The third-order valence-electron chi connectivity index (χ3n) is 3.40. The maximum absolute atomic E-state index is 6.23. The van der Waals surface area contributed by atoms with Gasteiger partial charge in [-0.25, -0.2) is 9.97 Å². The van der Waals surface area contributed by atoms with Gasteiger partial charge in [-0.15, -0.1) is 0 Å². The number of hydrogen-bond acceptors (Lipinski definition) is 4. The van der Waals surface area contributed by atoms with Gasteiger partial charge >= 0.3 is 0 Å². The van der Waals surface area contributed by atoms with Gasteiger partial charge in [0.25, 0.3) is 0 Å². The molecule has 1 aliphatic rings. The smallest absolute Gasteiger partial charge is 0.145 e. The number of halogens is 1. The second kappa shape index (κ2) is 5.50. The molecule has 0 spiro atoms. The highest BCUT2D eigenvalue weighted by atomic mass is 79.9. The van der Waals surface area contributed by atoms with Crippen molar-refractivity contribution >= 4 is 15.9 Å². The van der Waals surface area contributed by atoms with E-state index in [0.29, 0.717) is 12.2 Å². The van der Waals surface area contributed by atoms with Crippen molar-refractivity contribution in [2.45, 2.75) is 25.8 Å². The van der Waals surface area contributed by atoms with Crippen LogP contribution in [0.5, 0.6) is 5.75 Å². The molecule has 1 aromatic heterocycles. The molecule has 5 heteroatoms. The van der Waals surface area contributed by atoms with Gasteiger partial charge in [-0.2, -0.15) is 0 Å². The van der Waals surface area contributed by atoms with Gasteiger partial charge in [-0.1, -0.05) is 15.9 Å². The highest BCUT2D eigenvalue weighted by molar-refractivity contribution is 9.10. The van der Waals surface area contributed by atoms with Gasteiger partial charge in [0, 0.05) is 23.3 Å². The van der Waals surface area contributed by atoms with Gasteiger partial charge in [0.15, 0.2) is 0 Å². The summed E-state index contributed by atoms with van der Waals surface area (Å²) in [5, 5.41) is 0. The minimum absolute atomic E-state index is 0.224. The Labute approximate surface area is 126 Å². The normalized spacial score (nSPS) is 14.8. The van der Waals surface area contributed by atoms with E-state index in [0.717, 1.165) is 34.4 Å². The fraction of sp³-hybridized carbons (Fsp3) is 0.333. The predicted octanol–water partition coefficient (Wildman–Crippen LogP) is 2.72. The average Bonchev–Trinajstić information content (AvgIpc) is 2.87. The summed E-state index contributed by atoms with van der Waals surface area (Å²) in [6.45, 7) is 2.71. The third-order valence-corrected chi connectivity index (χ3v) is 3.86. The van der Waals surface area contributed by atoms with Crippen molar-refractivity contribution in [3.63, 3.8) is 0 Å². The Bertz CT molecular complexity index is 628. The quantitative estimate of drug-likeness (QED) is 0.938. The summed E-state index contributed by atoms with van der Waals surface area (Å²) in [5.74, 6) is 1.65. The minimum Gasteiger partial charge on any atom is -0.493 e. The van der Waals surface area contributed by atoms with Gasteiger partial charge in [0.2, 0.25) is 0 Å². The number of benzene rings is 1. The number of ether oxygens (including phenoxy) is 1. The molecule has 1 atom stereocenters. The van der Waals surface area contributed by atoms with Crippen LogP contribution in [0.4, 0.5) is 0 Å². The van der Waals surface area contributed by atoms with Gasteiger partial charge in [-0.3, -0.25) is 0 Å². The standard InChI is InChI=1S/C15H16BrN3O/c1-9-7-18-15(19-8-9)13(17)6-11-5-12(16)4-10-2-3-20-14(10)11/h4-5,7-8,13H,2-3,6,17H2,1H3. The Morgan fingerprint density at radius 1 is 1.35 bits per heavy atom. The zero-order chi connectivity index (χ0) is 14.1. The van der Waals surface area contributed by atoms with Crippen molar-refractivity contribution in [3.05, 3.63) is 51.5 Å². The van der Waals surface area contributed by atoms with Crippen LogP contribution in [-0.4, -0.2) is 16.6 Å². The molecular formula is C15H16BrN3O. The number of hydrogen-bond donors (Lipinski definition) is 1. The Balaban J connectivity index is 1.86. The molecule has 0 bridgehead atoms. The number of nitrogens with zero attached hydrogens (tertiary/aromatic N) is 2. The lowest BCUT2D eigenvalue weighted by molar-refractivity contribution is 0.352. The van der Waals surface area contributed by atoms with E-state index >= 15 is 0 Å². The molecule has 0 amide bonds. The monoisotopic (exact) mass is 333 g/mol. The number of nitrogens with two attached hydrogens (primary N) is 1. The van der Waals surface area contributed by atoms with Crippen LogP contribution in [0.1, 0.15) is 28.6 Å². The lowest BCUT2D eigenvalue weighted by Gasteiger charge is -2.13. The van der Waals surface area contributed by atoms with Gasteiger partial charge in [0.05, 0.1) is 12.6 Å². The Kier molecular flexibility index (Phi) is 3.72.